The van der Waals surface area contributed by atoms with E-state index in [0.29, 0.717) is 23.2 Å². The number of aliphatic hydroxyl groups is 1. The minimum Gasteiger partial charge on any atom is -0.390 e. The zero-order valence-corrected chi connectivity index (χ0v) is 23.1. The van der Waals surface area contributed by atoms with Crippen LogP contribution in [0.4, 0.5) is 0 Å². The molecular formula is C30H52O2S. The van der Waals surface area contributed by atoms with Crippen LogP contribution in [-0.2, 0) is 4.74 Å². The van der Waals surface area contributed by atoms with Crippen LogP contribution in [0.1, 0.15) is 105 Å². The minimum absolute atomic E-state index is 0.284. The van der Waals surface area contributed by atoms with E-state index in [1.165, 1.54) is 57.8 Å². The number of ether oxygens (including phenoxy) is 1. The average Bonchev–Trinajstić information content (AvgIpc) is 3.14. The van der Waals surface area contributed by atoms with Gasteiger partial charge < -0.3 is 9.84 Å². The molecule has 3 heteroatoms. The molecule has 0 aromatic carbocycles. The first-order valence-corrected chi connectivity index (χ1v) is 14.9. The first-order valence-electron chi connectivity index (χ1n) is 14.3. The van der Waals surface area contributed by atoms with Crippen molar-refractivity contribution in [3.05, 3.63) is 11.6 Å². The Morgan fingerprint density at radius 1 is 1.06 bits per heavy atom. The van der Waals surface area contributed by atoms with Gasteiger partial charge in [0.25, 0.3) is 0 Å². The molecule has 190 valence electrons. The fraction of sp³-hybridized carbons (Fsp3) is 0.933. The van der Waals surface area contributed by atoms with Gasteiger partial charge in [-0.05, 0) is 97.7 Å². The predicted molar refractivity (Wildman–Crippen MR) is 143 cm³/mol. The maximum Gasteiger partial charge on any atom is 0.0861 e. The third-order valence-electron chi connectivity index (χ3n) is 11.0. The molecule has 9 unspecified atom stereocenters. The van der Waals surface area contributed by atoms with E-state index in [1.54, 1.807) is 5.57 Å². The second kappa shape index (κ2) is 10.6. The molecule has 0 heterocycles. The summed E-state index contributed by atoms with van der Waals surface area (Å²) in [5, 5.41) is 9.85. The van der Waals surface area contributed by atoms with Crippen LogP contribution in [0.2, 0.25) is 0 Å². The molecule has 4 aliphatic rings. The van der Waals surface area contributed by atoms with Gasteiger partial charge in [-0.25, -0.2) is 0 Å². The van der Waals surface area contributed by atoms with E-state index in [9.17, 15) is 5.11 Å². The van der Waals surface area contributed by atoms with E-state index in [-0.39, 0.29) is 6.10 Å². The number of allylic oxidation sites excluding steroid dienone is 1. The van der Waals surface area contributed by atoms with Crippen molar-refractivity contribution in [2.24, 2.45) is 46.3 Å². The first-order chi connectivity index (χ1) is 15.7. The van der Waals surface area contributed by atoms with Crippen molar-refractivity contribution in [3.63, 3.8) is 0 Å². The summed E-state index contributed by atoms with van der Waals surface area (Å²) in [6.07, 6.45) is 17.4. The molecule has 3 saturated carbocycles. The second-order valence-corrected chi connectivity index (χ2v) is 13.7. The second-order valence-electron chi connectivity index (χ2n) is 13.3. The van der Waals surface area contributed by atoms with Gasteiger partial charge in [-0.2, -0.15) is 12.6 Å². The van der Waals surface area contributed by atoms with Crippen molar-refractivity contribution in [3.8, 4) is 0 Å². The van der Waals surface area contributed by atoms with Crippen LogP contribution in [0.15, 0.2) is 11.6 Å². The van der Waals surface area contributed by atoms with E-state index < -0.39 is 6.10 Å². The van der Waals surface area contributed by atoms with Crippen molar-refractivity contribution >= 4 is 12.6 Å². The number of thiol groups is 1. The predicted octanol–water partition coefficient (Wildman–Crippen LogP) is 7.70. The SMILES string of the molecule is CC(C)CCCC(C)C1CCC2C3CC=C4CC(OCC(O)CS)CCC4(C)C3CCC12C. The molecule has 0 aliphatic heterocycles. The normalized spacial score (nSPS) is 42.3. The van der Waals surface area contributed by atoms with E-state index in [2.05, 4.69) is 53.3 Å². The lowest BCUT2D eigenvalue weighted by Crippen LogP contribution is -2.51. The molecule has 9 atom stereocenters. The highest BCUT2D eigenvalue weighted by Gasteiger charge is 2.59. The molecule has 0 aromatic rings. The quantitative estimate of drug-likeness (QED) is 0.264. The van der Waals surface area contributed by atoms with Gasteiger partial charge in [-0.1, -0.05) is 65.5 Å². The fourth-order valence-electron chi connectivity index (χ4n) is 9.09. The molecule has 0 bridgehead atoms. The Bertz CT molecular complexity index is 689. The van der Waals surface area contributed by atoms with Crippen molar-refractivity contribution < 1.29 is 9.84 Å². The molecule has 0 aromatic heterocycles. The Hall–Kier alpha value is 0.0100. The van der Waals surface area contributed by atoms with Gasteiger partial charge >= 0.3 is 0 Å². The first kappa shape index (κ1) is 26.1. The number of rotatable bonds is 9. The summed E-state index contributed by atoms with van der Waals surface area (Å²) in [6.45, 7) is 13.0. The summed E-state index contributed by atoms with van der Waals surface area (Å²) in [5.74, 6) is 5.86. The summed E-state index contributed by atoms with van der Waals surface area (Å²) in [5.41, 5.74) is 2.64. The highest BCUT2D eigenvalue weighted by molar-refractivity contribution is 7.80. The lowest BCUT2D eigenvalue weighted by Gasteiger charge is -2.58. The lowest BCUT2D eigenvalue weighted by atomic mass is 9.47. The van der Waals surface area contributed by atoms with Crippen molar-refractivity contribution in [1.29, 1.82) is 0 Å². The van der Waals surface area contributed by atoms with Crippen molar-refractivity contribution in [2.45, 2.75) is 117 Å². The molecule has 33 heavy (non-hydrogen) atoms. The van der Waals surface area contributed by atoms with Gasteiger partial charge in [-0.15, -0.1) is 0 Å². The van der Waals surface area contributed by atoms with Gasteiger partial charge in [0.05, 0.1) is 18.8 Å². The van der Waals surface area contributed by atoms with Crippen LogP contribution in [0, 0.1) is 46.3 Å². The number of hydrogen-bond donors (Lipinski definition) is 2. The standard InChI is InChI=1S/C30H52O2S/c1-20(2)7-6-8-21(3)26-11-12-27-25-10-9-22-17-24(32-18-23(31)19-33)13-15-29(22,4)28(25)14-16-30(26,27)5/h9,20-21,23-28,31,33H,6-8,10-19H2,1-5H3. The highest BCUT2D eigenvalue weighted by atomic mass is 32.1. The van der Waals surface area contributed by atoms with Gasteiger partial charge in [0.2, 0.25) is 0 Å². The van der Waals surface area contributed by atoms with E-state index in [0.717, 1.165) is 48.3 Å². The Labute approximate surface area is 210 Å². The molecule has 0 amide bonds. The number of fused-ring (bicyclic) bond motifs is 5. The molecule has 3 fully saturated rings. The lowest BCUT2D eigenvalue weighted by molar-refractivity contribution is -0.0696. The maximum atomic E-state index is 9.85. The molecule has 0 spiro atoms. The van der Waals surface area contributed by atoms with E-state index in [1.807, 2.05) is 0 Å². The zero-order chi connectivity index (χ0) is 23.8. The van der Waals surface area contributed by atoms with E-state index in [4.69, 9.17) is 4.74 Å². The summed E-state index contributed by atoms with van der Waals surface area (Å²) >= 11 is 4.19. The smallest absolute Gasteiger partial charge is 0.0861 e. The van der Waals surface area contributed by atoms with Crippen molar-refractivity contribution in [1.82, 2.24) is 0 Å². The average molecular weight is 477 g/mol. The topological polar surface area (TPSA) is 29.5 Å². The summed E-state index contributed by atoms with van der Waals surface area (Å²) in [6, 6.07) is 0. The molecule has 1 N–H and O–H groups in total. The molecule has 2 nitrogen and oxygen atoms in total. The summed E-state index contributed by atoms with van der Waals surface area (Å²) in [7, 11) is 0. The third-order valence-corrected chi connectivity index (χ3v) is 11.4. The summed E-state index contributed by atoms with van der Waals surface area (Å²) < 4.78 is 6.10. The molecule has 0 radical (unpaired) electrons. The monoisotopic (exact) mass is 476 g/mol. The molecule has 0 saturated heterocycles. The van der Waals surface area contributed by atoms with Crippen molar-refractivity contribution in [2.75, 3.05) is 12.4 Å². The van der Waals surface area contributed by atoms with Crippen LogP contribution < -0.4 is 0 Å². The Kier molecular flexibility index (Phi) is 8.34. The third kappa shape index (κ3) is 5.12. The van der Waals surface area contributed by atoms with Crippen LogP contribution in [-0.4, -0.2) is 29.7 Å². The van der Waals surface area contributed by atoms with Gasteiger partial charge in [0, 0.05) is 5.75 Å². The molecular weight excluding hydrogens is 424 g/mol. The van der Waals surface area contributed by atoms with E-state index >= 15 is 0 Å². The molecule has 4 aliphatic carbocycles. The minimum atomic E-state index is -0.439. The Balaban J connectivity index is 1.42. The Morgan fingerprint density at radius 2 is 1.85 bits per heavy atom. The van der Waals surface area contributed by atoms with Gasteiger partial charge in [0.1, 0.15) is 0 Å². The maximum absolute atomic E-state index is 9.85. The number of hydrogen-bond acceptors (Lipinski definition) is 3. The van der Waals surface area contributed by atoms with Crippen LogP contribution in [0.3, 0.4) is 0 Å². The molecule has 4 rings (SSSR count). The van der Waals surface area contributed by atoms with Gasteiger partial charge in [0.15, 0.2) is 0 Å². The fourth-order valence-corrected chi connectivity index (χ4v) is 9.20. The highest BCUT2D eigenvalue weighted by Crippen LogP contribution is 2.67. The summed E-state index contributed by atoms with van der Waals surface area (Å²) in [4.78, 5) is 0. The Morgan fingerprint density at radius 3 is 2.58 bits per heavy atom. The van der Waals surface area contributed by atoms with Crippen LogP contribution >= 0.6 is 12.6 Å². The zero-order valence-electron chi connectivity index (χ0n) is 22.2. The van der Waals surface area contributed by atoms with Crippen LogP contribution in [0.25, 0.3) is 0 Å². The van der Waals surface area contributed by atoms with Crippen LogP contribution in [0.5, 0.6) is 0 Å². The number of aliphatic hydroxyl groups excluding tert-OH is 1. The van der Waals surface area contributed by atoms with Gasteiger partial charge in [-0.3, -0.25) is 0 Å². The largest absolute Gasteiger partial charge is 0.390 e.